The van der Waals surface area contributed by atoms with Crippen molar-refractivity contribution in [3.63, 3.8) is 0 Å². The molecule has 0 heterocycles. The van der Waals surface area contributed by atoms with E-state index in [1.54, 1.807) is 0 Å². The van der Waals surface area contributed by atoms with Crippen LogP contribution in [-0.2, 0) is 13.8 Å². The second-order valence-electron chi connectivity index (χ2n) is 2.73. The van der Waals surface area contributed by atoms with Gasteiger partial charge in [-0.15, -0.1) is 0 Å². The molecule has 0 atom stereocenters. The third-order valence-electron chi connectivity index (χ3n) is 1.24. The minimum absolute atomic E-state index is 0. The summed E-state index contributed by atoms with van der Waals surface area (Å²) < 4.78 is 19.7. The van der Waals surface area contributed by atoms with Gasteiger partial charge < -0.3 is 6.53 Å². The van der Waals surface area contributed by atoms with E-state index in [1.807, 2.05) is 18.2 Å². The summed E-state index contributed by atoms with van der Waals surface area (Å²) in [4.78, 5) is 9.55. The second-order valence-corrected chi connectivity index (χ2v) is 5.51. The van der Waals surface area contributed by atoms with Crippen LogP contribution < -0.4 is 29.6 Å². The van der Waals surface area contributed by atoms with Gasteiger partial charge in [-0.25, -0.2) is 8.42 Å². The molecule has 1 aromatic carbocycles. The maximum Gasteiger partial charge on any atom is 1.00 e. The van der Waals surface area contributed by atoms with Crippen molar-refractivity contribution in [2.45, 2.75) is 6.92 Å². The van der Waals surface area contributed by atoms with Gasteiger partial charge in [-0.2, -0.15) is 0 Å². The summed E-state index contributed by atoms with van der Waals surface area (Å²) in [7, 11) is 0.669. The standard InChI is InChI=1S/C7H8.C2H3ClO4S.Na.H/c1-7-5-3-2-4-6-7;3-8(6,7)1-2(4)5;;/h2-6H,1H3;1H2,(H,4,5);;/q;;+1;-1. The van der Waals surface area contributed by atoms with Crippen LogP contribution in [0.1, 0.15) is 6.99 Å². The van der Waals surface area contributed by atoms with Crippen LogP contribution in [-0.4, -0.2) is 25.2 Å². The molecular weight excluding hydrogens is 263 g/mol. The summed E-state index contributed by atoms with van der Waals surface area (Å²) in [5.41, 5.74) is 1.32. The molecule has 0 aliphatic carbocycles. The molecule has 1 N–H and O–H groups in total. The van der Waals surface area contributed by atoms with E-state index in [2.05, 4.69) is 29.7 Å². The fraction of sp³-hybridized carbons (Fsp3) is 0.222. The number of halogens is 1. The Balaban J connectivity index is -0.000000207. The van der Waals surface area contributed by atoms with E-state index < -0.39 is 20.8 Å². The van der Waals surface area contributed by atoms with Crippen LogP contribution in [0.4, 0.5) is 0 Å². The number of carboxylic acid groups (broad SMARTS) is 1. The van der Waals surface area contributed by atoms with Crippen LogP contribution in [0.3, 0.4) is 0 Å². The average Bonchev–Trinajstić information content (AvgIpc) is 2.01. The number of benzene rings is 1. The number of aliphatic carboxylic acids is 1. The van der Waals surface area contributed by atoms with Gasteiger partial charge in [0.25, 0.3) is 0 Å². The topological polar surface area (TPSA) is 71.4 Å². The van der Waals surface area contributed by atoms with Crippen molar-refractivity contribution in [3.8, 4) is 0 Å². The van der Waals surface area contributed by atoms with Gasteiger partial charge in [-0.05, 0) is 6.92 Å². The van der Waals surface area contributed by atoms with Gasteiger partial charge in [0, 0.05) is 10.7 Å². The van der Waals surface area contributed by atoms with Crippen molar-refractivity contribution in [1.82, 2.24) is 0 Å². The summed E-state index contributed by atoms with van der Waals surface area (Å²) in [5, 5.41) is 7.79. The molecule has 16 heavy (non-hydrogen) atoms. The minimum atomic E-state index is -3.85. The zero-order chi connectivity index (χ0) is 11.9. The minimum Gasteiger partial charge on any atom is -1.00 e. The molecule has 0 radical (unpaired) electrons. The molecule has 0 spiro atoms. The van der Waals surface area contributed by atoms with Crippen LogP contribution in [0.5, 0.6) is 0 Å². The first kappa shape index (κ1) is 18.3. The normalized spacial score (nSPS) is 9.38. The molecule has 4 nitrogen and oxygen atoms in total. The molecule has 7 heteroatoms. The fourth-order valence-corrected chi connectivity index (χ4v) is 1.26. The summed E-state index contributed by atoms with van der Waals surface area (Å²) in [6, 6.07) is 10.3. The van der Waals surface area contributed by atoms with E-state index in [1.165, 1.54) is 5.56 Å². The summed E-state index contributed by atoms with van der Waals surface area (Å²) in [6.07, 6.45) is 0. The van der Waals surface area contributed by atoms with Crippen LogP contribution in [0.15, 0.2) is 30.3 Å². The van der Waals surface area contributed by atoms with Crippen LogP contribution in [0.2, 0.25) is 0 Å². The first-order valence-corrected chi connectivity index (χ1v) is 6.45. The molecule has 0 aromatic heterocycles. The molecule has 0 amide bonds. The molecule has 0 saturated heterocycles. The number of hydrogen-bond donors (Lipinski definition) is 1. The Bertz CT molecular complexity index is 410. The van der Waals surface area contributed by atoms with E-state index in [0.717, 1.165) is 0 Å². The van der Waals surface area contributed by atoms with Crippen molar-refractivity contribution < 1.29 is 49.3 Å². The quantitative estimate of drug-likeness (QED) is 0.540. The third kappa shape index (κ3) is 13.9. The molecule has 0 bridgehead atoms. The van der Waals surface area contributed by atoms with E-state index in [-0.39, 0.29) is 31.0 Å². The van der Waals surface area contributed by atoms with Gasteiger partial charge in [0.15, 0.2) is 5.75 Å². The average molecular weight is 275 g/mol. The van der Waals surface area contributed by atoms with Gasteiger partial charge in [0.1, 0.15) is 0 Å². The van der Waals surface area contributed by atoms with Crippen LogP contribution >= 0.6 is 10.7 Å². The van der Waals surface area contributed by atoms with Gasteiger partial charge in [-0.1, -0.05) is 35.9 Å². The molecule has 0 fully saturated rings. The van der Waals surface area contributed by atoms with Gasteiger partial charge in [0.2, 0.25) is 9.05 Å². The number of carbonyl (C=O) groups is 1. The Hall–Kier alpha value is -0.0700. The summed E-state index contributed by atoms with van der Waals surface area (Å²) in [6.45, 7) is 2.08. The first-order valence-electron chi connectivity index (χ1n) is 3.97. The van der Waals surface area contributed by atoms with Crippen LogP contribution in [0, 0.1) is 6.92 Å². The number of rotatable bonds is 2. The predicted octanol–water partition coefficient (Wildman–Crippen LogP) is -1.25. The molecule has 1 rings (SSSR count). The Morgan fingerprint density at radius 2 is 1.81 bits per heavy atom. The maximum atomic E-state index is 9.83. The van der Waals surface area contributed by atoms with Crippen molar-refractivity contribution >= 4 is 25.7 Å². The van der Waals surface area contributed by atoms with E-state index >= 15 is 0 Å². The molecule has 0 aliphatic rings. The first-order chi connectivity index (χ1) is 6.81. The van der Waals surface area contributed by atoms with E-state index in [4.69, 9.17) is 5.11 Å². The van der Waals surface area contributed by atoms with Gasteiger partial charge in [-0.3, -0.25) is 4.79 Å². The zero-order valence-corrected chi connectivity index (χ0v) is 12.6. The predicted molar refractivity (Wildman–Crippen MR) is 59.6 cm³/mol. The number of hydrogen-bond acceptors (Lipinski definition) is 3. The molecular formula is C9H12ClNaO4S. The Morgan fingerprint density at radius 1 is 1.38 bits per heavy atom. The molecule has 0 unspecified atom stereocenters. The maximum absolute atomic E-state index is 9.83. The van der Waals surface area contributed by atoms with Crippen molar-refractivity contribution in [2.24, 2.45) is 0 Å². The fourth-order valence-electron chi connectivity index (χ4n) is 0.682. The third-order valence-corrected chi connectivity index (χ3v) is 2.16. The molecule has 0 saturated carbocycles. The van der Waals surface area contributed by atoms with Crippen molar-refractivity contribution in [2.75, 3.05) is 5.75 Å². The van der Waals surface area contributed by atoms with Crippen LogP contribution in [0.25, 0.3) is 0 Å². The number of carboxylic acids is 1. The largest absolute Gasteiger partial charge is 1.00 e. The van der Waals surface area contributed by atoms with Crippen molar-refractivity contribution in [3.05, 3.63) is 35.9 Å². The molecule has 86 valence electrons. The Labute approximate surface area is 123 Å². The van der Waals surface area contributed by atoms with E-state index in [0.29, 0.717) is 0 Å². The smallest absolute Gasteiger partial charge is 1.00 e. The van der Waals surface area contributed by atoms with E-state index in [9.17, 15) is 13.2 Å². The monoisotopic (exact) mass is 274 g/mol. The van der Waals surface area contributed by atoms with Gasteiger partial charge >= 0.3 is 35.5 Å². The number of aryl methyl sites for hydroxylation is 1. The zero-order valence-electron chi connectivity index (χ0n) is 10.1. The summed E-state index contributed by atoms with van der Waals surface area (Å²) >= 11 is 0. The Kier molecular flexibility index (Phi) is 10.3. The SMILES string of the molecule is Cc1ccccc1.O=C(O)CS(=O)(=O)Cl.[H-].[Na+]. The molecule has 1 aromatic rings. The van der Waals surface area contributed by atoms with Crippen molar-refractivity contribution in [1.29, 1.82) is 0 Å². The second kappa shape index (κ2) is 9.01. The van der Waals surface area contributed by atoms with Gasteiger partial charge in [0.05, 0.1) is 0 Å². The Morgan fingerprint density at radius 3 is 1.94 bits per heavy atom. The summed E-state index contributed by atoms with van der Waals surface area (Å²) in [5.74, 6) is -2.46. The molecule has 0 aliphatic heterocycles.